The maximum atomic E-state index is 6.46. The van der Waals surface area contributed by atoms with E-state index in [-0.39, 0.29) is 0 Å². The van der Waals surface area contributed by atoms with Crippen LogP contribution in [0.3, 0.4) is 0 Å². The highest BCUT2D eigenvalue weighted by Gasteiger charge is 2.45. The molecule has 0 aliphatic rings. The maximum absolute atomic E-state index is 6.46. The van der Waals surface area contributed by atoms with E-state index >= 15 is 0 Å². The van der Waals surface area contributed by atoms with Crippen molar-refractivity contribution in [1.29, 1.82) is 0 Å². The van der Waals surface area contributed by atoms with Gasteiger partial charge in [-0.25, -0.2) is 0 Å². The summed E-state index contributed by atoms with van der Waals surface area (Å²) < 4.78 is 9.71. The fourth-order valence-electron chi connectivity index (χ4n) is 5.69. The van der Waals surface area contributed by atoms with Crippen molar-refractivity contribution in [1.82, 2.24) is 4.23 Å². The Morgan fingerprint density at radius 3 is 1.21 bits per heavy atom. The third-order valence-corrected chi connectivity index (χ3v) is 26.9. The first-order chi connectivity index (χ1) is 13.9. The van der Waals surface area contributed by atoms with Crippen LogP contribution in [-0.2, 0) is 4.43 Å². The van der Waals surface area contributed by atoms with Crippen LogP contribution in [0.15, 0.2) is 0 Å². The Bertz CT molecular complexity index is 349. The van der Waals surface area contributed by atoms with Crippen molar-refractivity contribution in [3.05, 3.63) is 0 Å². The van der Waals surface area contributed by atoms with Gasteiger partial charge in [0.25, 0.3) is 0 Å². The smallest absolute Gasteiger partial charge is 0.191 e. The molecule has 0 aromatic carbocycles. The first-order valence-corrected chi connectivity index (χ1v) is 21.0. The van der Waals surface area contributed by atoms with Crippen molar-refractivity contribution in [3.8, 4) is 0 Å². The lowest BCUT2D eigenvalue weighted by molar-refractivity contribution is 0.287. The van der Waals surface area contributed by atoms with Gasteiger partial charge in [0.15, 0.2) is 8.32 Å². The van der Waals surface area contributed by atoms with Crippen LogP contribution in [0.2, 0.25) is 54.4 Å². The second-order valence-corrected chi connectivity index (χ2v) is 24.7. The van der Waals surface area contributed by atoms with Crippen LogP contribution in [0, 0.1) is 0 Å². The Morgan fingerprint density at radius 1 is 0.483 bits per heavy atom. The minimum atomic E-state index is -1.38. The van der Waals surface area contributed by atoms with E-state index in [2.05, 4.69) is 66.5 Å². The molecule has 2 nitrogen and oxygen atoms in total. The summed E-state index contributed by atoms with van der Waals surface area (Å²) in [5.74, 6) is 0. The standard InChI is InChI=1S/C24H57NOSi3/c1-10-27(11-2,12-3)25(28(13-4,14-5)15-6)23-21-19-20-22-24-26-29(16-7,17-8)18-9/h10-24H2,1-9H3. The molecule has 0 amide bonds. The fourth-order valence-corrected chi connectivity index (χ4v) is 21.8. The first kappa shape index (κ1) is 29.6. The molecule has 0 aliphatic heterocycles. The summed E-state index contributed by atoms with van der Waals surface area (Å²) in [5.41, 5.74) is 0. The molecule has 0 spiro atoms. The zero-order valence-corrected chi connectivity index (χ0v) is 25.0. The second kappa shape index (κ2) is 15.4. The van der Waals surface area contributed by atoms with Crippen molar-refractivity contribution < 1.29 is 4.43 Å². The van der Waals surface area contributed by atoms with E-state index < -0.39 is 24.8 Å². The minimum absolute atomic E-state index is 1.01. The van der Waals surface area contributed by atoms with Gasteiger partial charge >= 0.3 is 0 Å². The lowest BCUT2D eigenvalue weighted by Gasteiger charge is -2.52. The molecular weight excluding hydrogens is 403 g/mol. The molecule has 0 atom stereocenters. The highest BCUT2D eigenvalue weighted by atomic mass is 28.4. The van der Waals surface area contributed by atoms with Crippen LogP contribution < -0.4 is 0 Å². The predicted octanol–water partition coefficient (Wildman–Crippen LogP) is 8.88. The fraction of sp³-hybridized carbons (Fsp3) is 1.00. The molecule has 0 saturated heterocycles. The molecule has 0 radical (unpaired) electrons. The summed E-state index contributed by atoms with van der Waals surface area (Å²) >= 11 is 0. The van der Waals surface area contributed by atoms with Gasteiger partial charge in [-0.3, -0.25) is 0 Å². The molecule has 5 heteroatoms. The Morgan fingerprint density at radius 2 is 0.862 bits per heavy atom. The summed E-state index contributed by atoms with van der Waals surface area (Å²) in [4.78, 5) is 0. The van der Waals surface area contributed by atoms with Crippen LogP contribution in [-0.4, -0.2) is 42.2 Å². The van der Waals surface area contributed by atoms with Crippen molar-refractivity contribution in [2.75, 3.05) is 13.2 Å². The van der Waals surface area contributed by atoms with E-state index in [0.29, 0.717) is 0 Å². The Hall–Kier alpha value is 0.571. The third-order valence-electron chi connectivity index (χ3n) is 8.71. The Kier molecular flexibility index (Phi) is 15.7. The third kappa shape index (κ3) is 7.89. The molecule has 0 aromatic rings. The van der Waals surface area contributed by atoms with E-state index in [1.165, 1.54) is 86.6 Å². The van der Waals surface area contributed by atoms with Gasteiger partial charge in [-0.15, -0.1) is 0 Å². The van der Waals surface area contributed by atoms with Crippen LogP contribution in [0.25, 0.3) is 0 Å². The molecule has 176 valence electrons. The molecule has 0 fully saturated rings. The molecule has 0 N–H and O–H groups in total. The zero-order chi connectivity index (χ0) is 22.4. The van der Waals surface area contributed by atoms with Gasteiger partial charge in [-0.1, -0.05) is 75.2 Å². The second-order valence-electron chi connectivity index (χ2n) is 9.23. The predicted molar refractivity (Wildman–Crippen MR) is 143 cm³/mol. The lowest BCUT2D eigenvalue weighted by Crippen LogP contribution is -2.66. The van der Waals surface area contributed by atoms with Crippen molar-refractivity contribution in [2.24, 2.45) is 0 Å². The number of nitrogens with zero attached hydrogens (tertiary/aromatic N) is 1. The quantitative estimate of drug-likeness (QED) is 0.141. The average Bonchev–Trinajstić information content (AvgIpc) is 2.78. The monoisotopic (exact) mass is 459 g/mol. The van der Waals surface area contributed by atoms with E-state index in [9.17, 15) is 0 Å². The molecule has 0 unspecified atom stereocenters. The largest absolute Gasteiger partial charge is 0.417 e. The summed E-state index contributed by atoms with van der Waals surface area (Å²) in [6, 6.07) is 12.5. The number of hydrogen-bond acceptors (Lipinski definition) is 2. The van der Waals surface area contributed by atoms with Crippen LogP contribution in [0.1, 0.15) is 88.0 Å². The summed E-state index contributed by atoms with van der Waals surface area (Å²) in [5, 5.41) is 0. The molecule has 29 heavy (non-hydrogen) atoms. The number of hydrogen-bond donors (Lipinski definition) is 0. The maximum Gasteiger partial charge on any atom is 0.191 e. The topological polar surface area (TPSA) is 12.5 Å². The molecule has 0 bridgehead atoms. The van der Waals surface area contributed by atoms with Crippen LogP contribution >= 0.6 is 0 Å². The first-order valence-electron chi connectivity index (χ1n) is 13.3. The number of rotatable bonds is 19. The molecule has 0 aliphatic carbocycles. The summed E-state index contributed by atoms with van der Waals surface area (Å²) in [6.45, 7) is 24.4. The van der Waals surface area contributed by atoms with Crippen molar-refractivity contribution in [3.63, 3.8) is 0 Å². The van der Waals surface area contributed by atoms with Gasteiger partial charge in [0.2, 0.25) is 0 Å². The summed E-state index contributed by atoms with van der Waals surface area (Å²) in [6.07, 6.45) is 5.42. The zero-order valence-electron chi connectivity index (χ0n) is 22.0. The van der Waals surface area contributed by atoms with Gasteiger partial charge < -0.3 is 8.66 Å². The van der Waals surface area contributed by atoms with Crippen LogP contribution in [0.5, 0.6) is 0 Å². The summed E-state index contributed by atoms with van der Waals surface area (Å²) in [7, 11) is -3.95. The van der Waals surface area contributed by atoms with E-state index in [0.717, 1.165) is 6.61 Å². The van der Waals surface area contributed by atoms with E-state index in [1.807, 2.05) is 0 Å². The van der Waals surface area contributed by atoms with Crippen molar-refractivity contribution in [2.45, 2.75) is 142 Å². The lowest BCUT2D eigenvalue weighted by atomic mass is 10.2. The molecule has 0 saturated carbocycles. The van der Waals surface area contributed by atoms with E-state index in [1.54, 1.807) is 0 Å². The molecule has 0 heterocycles. The van der Waals surface area contributed by atoms with Gasteiger partial charge in [-0.05, 0) is 73.8 Å². The molecule has 0 aromatic heterocycles. The SMILES string of the molecule is CC[Si](CC)(CC)OCCCCCCN([Si](CC)(CC)CC)[Si](CC)(CC)CC. The number of unbranched alkanes of at least 4 members (excludes halogenated alkanes) is 3. The van der Waals surface area contributed by atoms with Gasteiger partial charge in [0.1, 0.15) is 16.5 Å². The normalized spacial score (nSPS) is 13.4. The van der Waals surface area contributed by atoms with Gasteiger partial charge in [0, 0.05) is 6.61 Å². The van der Waals surface area contributed by atoms with Gasteiger partial charge in [0.05, 0.1) is 0 Å². The highest BCUT2D eigenvalue weighted by Crippen LogP contribution is 2.36. The highest BCUT2D eigenvalue weighted by molar-refractivity contribution is 6.92. The Labute approximate surface area is 188 Å². The minimum Gasteiger partial charge on any atom is -0.417 e. The Balaban J connectivity index is 4.81. The molecular formula is C24H57NOSi3. The van der Waals surface area contributed by atoms with E-state index in [4.69, 9.17) is 4.43 Å². The van der Waals surface area contributed by atoms with Crippen molar-refractivity contribution >= 4 is 24.8 Å². The van der Waals surface area contributed by atoms with Crippen LogP contribution in [0.4, 0.5) is 0 Å². The molecule has 0 rings (SSSR count). The van der Waals surface area contributed by atoms with Gasteiger partial charge in [-0.2, -0.15) is 0 Å². The average molecular weight is 460 g/mol.